The van der Waals surface area contributed by atoms with Crippen LogP contribution in [0.15, 0.2) is 54.6 Å². The largest absolute Gasteiger partial charge is 0.459 e. The van der Waals surface area contributed by atoms with Crippen LogP contribution < -0.4 is 0 Å². The number of aryl methyl sites for hydroxylation is 2. The molecular weight excluding hydrogens is 449 g/mol. The molecule has 5 heteroatoms. The zero-order valence-corrected chi connectivity index (χ0v) is 20.3. The average Bonchev–Trinajstić information content (AvgIpc) is 2.87. The summed E-state index contributed by atoms with van der Waals surface area (Å²) in [5, 5.41) is 0. The second kappa shape index (κ2) is 11.1. The molecule has 3 aromatic rings. The summed E-state index contributed by atoms with van der Waals surface area (Å²) in [6.45, 7) is 4.02. The molecule has 0 aliphatic heterocycles. The molecule has 0 unspecified atom stereocenters. The van der Waals surface area contributed by atoms with Gasteiger partial charge in [0.25, 0.3) is 0 Å². The maximum absolute atomic E-state index is 15.1. The van der Waals surface area contributed by atoms with Crippen molar-refractivity contribution in [2.75, 3.05) is 0 Å². The molecule has 0 atom stereocenters. The van der Waals surface area contributed by atoms with Gasteiger partial charge in [-0.15, -0.1) is 0 Å². The van der Waals surface area contributed by atoms with Gasteiger partial charge in [0.1, 0.15) is 11.9 Å². The van der Waals surface area contributed by atoms with Crippen LogP contribution >= 0.6 is 0 Å². The summed E-state index contributed by atoms with van der Waals surface area (Å²) in [7, 11) is 0. The number of ether oxygens (including phenoxy) is 1. The van der Waals surface area contributed by atoms with E-state index >= 15 is 4.39 Å². The Kier molecular flexibility index (Phi) is 7.94. The van der Waals surface area contributed by atoms with E-state index in [1.54, 1.807) is 18.2 Å². The van der Waals surface area contributed by atoms with Crippen molar-refractivity contribution in [3.63, 3.8) is 0 Å². The predicted octanol–water partition coefficient (Wildman–Crippen LogP) is 8.17. The summed E-state index contributed by atoms with van der Waals surface area (Å²) in [4.78, 5) is 12.4. The number of carbonyl (C=O) groups excluding carboxylic acids is 1. The van der Waals surface area contributed by atoms with Crippen molar-refractivity contribution >= 4 is 5.97 Å². The highest BCUT2D eigenvalue weighted by Crippen LogP contribution is 2.38. The minimum atomic E-state index is -0.828. The van der Waals surface area contributed by atoms with Gasteiger partial charge in [0.05, 0.1) is 5.56 Å². The Morgan fingerprint density at radius 3 is 2.17 bits per heavy atom. The SMILES string of the molecule is CCCc1ccc(-c2ccc(C3CCC(OC(=O)c4ccc(CC)cc4F)CC3)c(F)c2F)cc1. The molecule has 1 saturated carbocycles. The molecule has 2 nitrogen and oxygen atoms in total. The third kappa shape index (κ3) is 5.61. The van der Waals surface area contributed by atoms with Gasteiger partial charge in [-0.1, -0.05) is 62.7 Å². The lowest BCUT2D eigenvalue weighted by atomic mass is 9.82. The second-order valence-corrected chi connectivity index (χ2v) is 9.32. The molecule has 1 aliphatic rings. The van der Waals surface area contributed by atoms with Crippen molar-refractivity contribution in [3.8, 4) is 11.1 Å². The van der Waals surface area contributed by atoms with Gasteiger partial charge >= 0.3 is 5.97 Å². The average molecular weight is 481 g/mol. The fourth-order valence-electron chi connectivity index (χ4n) is 4.89. The normalized spacial score (nSPS) is 17.9. The summed E-state index contributed by atoms with van der Waals surface area (Å²) in [5.74, 6) is -3.05. The smallest absolute Gasteiger partial charge is 0.341 e. The molecule has 4 rings (SSSR count). The Balaban J connectivity index is 1.40. The van der Waals surface area contributed by atoms with Gasteiger partial charge in [-0.3, -0.25) is 0 Å². The van der Waals surface area contributed by atoms with Crippen molar-refractivity contribution in [2.45, 2.75) is 70.8 Å². The Hall–Kier alpha value is -3.08. The van der Waals surface area contributed by atoms with Crippen LogP contribution in [0, 0.1) is 17.5 Å². The highest BCUT2D eigenvalue weighted by atomic mass is 19.2. The first-order valence-corrected chi connectivity index (χ1v) is 12.5. The minimum absolute atomic E-state index is 0.0734. The van der Waals surface area contributed by atoms with E-state index in [9.17, 15) is 13.6 Å². The van der Waals surface area contributed by atoms with E-state index in [0.29, 0.717) is 43.2 Å². The first-order chi connectivity index (χ1) is 16.9. The van der Waals surface area contributed by atoms with Crippen LogP contribution in [0.4, 0.5) is 13.2 Å². The lowest BCUT2D eigenvalue weighted by Gasteiger charge is -2.29. The number of rotatable bonds is 7. The molecule has 0 heterocycles. The van der Waals surface area contributed by atoms with Crippen LogP contribution in [0.2, 0.25) is 0 Å². The van der Waals surface area contributed by atoms with Gasteiger partial charge in [0.2, 0.25) is 0 Å². The summed E-state index contributed by atoms with van der Waals surface area (Å²) < 4.78 is 49.8. The zero-order chi connectivity index (χ0) is 24.9. The summed E-state index contributed by atoms with van der Waals surface area (Å²) in [6.07, 6.45) is 4.47. The van der Waals surface area contributed by atoms with Crippen molar-refractivity contribution in [3.05, 3.63) is 94.3 Å². The molecule has 0 saturated heterocycles. The Morgan fingerprint density at radius 2 is 1.54 bits per heavy atom. The molecule has 0 amide bonds. The highest BCUT2D eigenvalue weighted by molar-refractivity contribution is 5.89. The van der Waals surface area contributed by atoms with E-state index in [4.69, 9.17) is 4.74 Å². The first-order valence-electron chi connectivity index (χ1n) is 12.5. The van der Waals surface area contributed by atoms with Gasteiger partial charge in [0.15, 0.2) is 11.6 Å². The van der Waals surface area contributed by atoms with E-state index in [-0.39, 0.29) is 23.1 Å². The van der Waals surface area contributed by atoms with Gasteiger partial charge in [-0.2, -0.15) is 0 Å². The topological polar surface area (TPSA) is 26.3 Å². The number of benzene rings is 3. The predicted molar refractivity (Wildman–Crippen MR) is 132 cm³/mol. The lowest BCUT2D eigenvalue weighted by molar-refractivity contribution is 0.0189. The van der Waals surface area contributed by atoms with E-state index < -0.39 is 23.4 Å². The van der Waals surface area contributed by atoms with E-state index in [0.717, 1.165) is 18.4 Å². The first kappa shape index (κ1) is 25.0. The Morgan fingerprint density at radius 1 is 0.857 bits per heavy atom. The Labute approximate surface area is 205 Å². The van der Waals surface area contributed by atoms with Crippen molar-refractivity contribution in [1.29, 1.82) is 0 Å². The molecular formula is C30H31F3O2. The van der Waals surface area contributed by atoms with E-state index in [1.165, 1.54) is 17.7 Å². The van der Waals surface area contributed by atoms with Crippen molar-refractivity contribution in [1.82, 2.24) is 0 Å². The maximum Gasteiger partial charge on any atom is 0.341 e. The summed E-state index contributed by atoms with van der Waals surface area (Å²) in [5.41, 5.74) is 3.19. The molecule has 35 heavy (non-hydrogen) atoms. The van der Waals surface area contributed by atoms with Gasteiger partial charge < -0.3 is 4.74 Å². The van der Waals surface area contributed by atoms with Crippen molar-refractivity contribution in [2.24, 2.45) is 0 Å². The molecule has 1 fully saturated rings. The van der Waals surface area contributed by atoms with E-state index in [2.05, 4.69) is 6.92 Å². The molecule has 1 aliphatic carbocycles. The van der Waals surface area contributed by atoms with Crippen LogP contribution in [0.1, 0.15) is 78.9 Å². The maximum atomic E-state index is 15.1. The standard InChI is InChI=1S/C30H31F3O2/c1-3-5-20-6-9-21(10-7-20)24-16-17-25(29(33)28(24)32)22-11-13-23(14-12-22)35-30(34)26-15-8-19(4-2)18-27(26)31/h6-10,15-18,22-23H,3-5,11-14H2,1-2H3. The molecule has 0 spiro atoms. The van der Waals surface area contributed by atoms with E-state index in [1.807, 2.05) is 31.2 Å². The molecule has 0 bridgehead atoms. The molecule has 184 valence electrons. The quantitative estimate of drug-likeness (QED) is 0.319. The van der Waals surface area contributed by atoms with Crippen LogP contribution in [0.25, 0.3) is 11.1 Å². The molecule has 0 aromatic heterocycles. The van der Waals surface area contributed by atoms with Crippen LogP contribution in [-0.4, -0.2) is 12.1 Å². The third-order valence-corrected chi connectivity index (χ3v) is 6.97. The van der Waals surface area contributed by atoms with Crippen LogP contribution in [0.5, 0.6) is 0 Å². The van der Waals surface area contributed by atoms with Gasteiger partial charge in [-0.05, 0) is 78.8 Å². The number of halogens is 3. The fourth-order valence-corrected chi connectivity index (χ4v) is 4.89. The molecule has 0 radical (unpaired) electrons. The molecule has 0 N–H and O–H groups in total. The minimum Gasteiger partial charge on any atom is -0.459 e. The lowest BCUT2D eigenvalue weighted by Crippen LogP contribution is -2.25. The number of carbonyl (C=O) groups is 1. The van der Waals surface area contributed by atoms with Gasteiger partial charge in [-0.25, -0.2) is 18.0 Å². The van der Waals surface area contributed by atoms with Gasteiger partial charge in [0, 0.05) is 5.56 Å². The summed E-state index contributed by atoms with van der Waals surface area (Å²) in [6, 6.07) is 15.4. The zero-order valence-electron chi connectivity index (χ0n) is 20.3. The monoisotopic (exact) mass is 480 g/mol. The molecule has 3 aromatic carbocycles. The Bertz CT molecular complexity index is 1180. The number of hydrogen-bond acceptors (Lipinski definition) is 2. The van der Waals surface area contributed by atoms with Crippen LogP contribution in [-0.2, 0) is 17.6 Å². The highest BCUT2D eigenvalue weighted by Gasteiger charge is 2.29. The second-order valence-electron chi connectivity index (χ2n) is 9.32. The van der Waals surface area contributed by atoms with Crippen LogP contribution in [0.3, 0.4) is 0 Å². The summed E-state index contributed by atoms with van der Waals surface area (Å²) >= 11 is 0. The fraction of sp³-hybridized carbons (Fsp3) is 0.367. The van der Waals surface area contributed by atoms with Crippen molar-refractivity contribution < 1.29 is 22.7 Å². The number of esters is 1. The number of hydrogen-bond donors (Lipinski definition) is 0. The third-order valence-electron chi connectivity index (χ3n) is 6.97.